The third-order valence-corrected chi connectivity index (χ3v) is 8.53. The van der Waals surface area contributed by atoms with E-state index in [0.717, 1.165) is 5.06 Å². The number of hydrogen-bond acceptors (Lipinski definition) is 10. The van der Waals surface area contributed by atoms with Crippen molar-refractivity contribution in [3.8, 4) is 0 Å². The first-order valence-corrected chi connectivity index (χ1v) is 14.4. The number of rotatable bonds is 9. The van der Waals surface area contributed by atoms with Gasteiger partial charge < -0.3 is 15.2 Å². The molecule has 2 aromatic rings. The zero-order valence-electron chi connectivity index (χ0n) is 23.6. The quantitative estimate of drug-likeness (QED) is 0.413. The maximum atomic E-state index is 15.5. The number of halogens is 3. The molecule has 14 heteroatoms. The van der Waals surface area contributed by atoms with Crippen LogP contribution in [-0.4, -0.2) is 88.7 Å². The molecule has 3 aliphatic rings. The summed E-state index contributed by atoms with van der Waals surface area (Å²) in [5.41, 5.74) is -0.232. The Morgan fingerprint density at radius 3 is 2.76 bits per heavy atom. The fraction of sp³-hybridized carbons (Fsp3) is 0.500. The zero-order chi connectivity index (χ0) is 30.4. The number of aliphatic carboxylic acids is 1. The van der Waals surface area contributed by atoms with Gasteiger partial charge in [-0.05, 0) is 44.9 Å². The average molecular weight is 608 g/mol. The highest BCUT2D eigenvalue weighted by atomic mass is 32.1. The van der Waals surface area contributed by atoms with Gasteiger partial charge in [-0.15, -0.1) is 11.3 Å². The van der Waals surface area contributed by atoms with Crippen LogP contribution in [0, 0.1) is 18.2 Å². The number of amidine groups is 1. The van der Waals surface area contributed by atoms with E-state index >= 15 is 8.78 Å². The third-order valence-electron chi connectivity index (χ3n) is 7.75. The van der Waals surface area contributed by atoms with Crippen LogP contribution >= 0.6 is 11.3 Å². The highest BCUT2D eigenvalue weighted by Gasteiger charge is 2.61. The van der Waals surface area contributed by atoms with Crippen molar-refractivity contribution in [1.29, 1.82) is 0 Å². The maximum absolute atomic E-state index is 15.5. The average Bonchev–Trinajstić information content (AvgIpc) is 3.65. The molecule has 1 aromatic carbocycles. The van der Waals surface area contributed by atoms with Gasteiger partial charge >= 0.3 is 11.9 Å². The normalized spacial score (nSPS) is 24.4. The highest BCUT2D eigenvalue weighted by Crippen LogP contribution is 2.43. The van der Waals surface area contributed by atoms with Crippen molar-refractivity contribution in [3.05, 3.63) is 63.0 Å². The minimum atomic E-state index is -3.24. The Morgan fingerprint density at radius 1 is 1.33 bits per heavy atom. The number of nitrogens with one attached hydrogen (secondary N) is 1. The van der Waals surface area contributed by atoms with E-state index in [-0.39, 0.29) is 37.6 Å². The van der Waals surface area contributed by atoms with E-state index in [4.69, 9.17) is 14.6 Å². The summed E-state index contributed by atoms with van der Waals surface area (Å²) in [7, 11) is 0. The van der Waals surface area contributed by atoms with Gasteiger partial charge in [0, 0.05) is 30.4 Å². The Kier molecular flexibility index (Phi) is 8.18. The van der Waals surface area contributed by atoms with Crippen LogP contribution in [0.4, 0.5) is 13.2 Å². The number of aromatic nitrogens is 1. The van der Waals surface area contributed by atoms with Gasteiger partial charge in [-0.2, -0.15) is 5.06 Å². The first kappa shape index (κ1) is 30.1. The smallest absolute Gasteiger partial charge is 0.338 e. The molecule has 1 aromatic heterocycles. The molecule has 2 saturated heterocycles. The number of thiazole rings is 1. The molecule has 42 heavy (non-hydrogen) atoms. The molecule has 2 fully saturated rings. The van der Waals surface area contributed by atoms with E-state index < -0.39 is 53.8 Å². The molecule has 226 valence electrons. The summed E-state index contributed by atoms with van der Waals surface area (Å²) in [4.78, 5) is 41.3. The molecule has 0 aliphatic carbocycles. The van der Waals surface area contributed by atoms with Gasteiger partial charge in [0.2, 0.25) is 0 Å². The van der Waals surface area contributed by atoms with Crippen LogP contribution < -0.4 is 5.32 Å². The molecule has 0 saturated carbocycles. The van der Waals surface area contributed by atoms with Crippen LogP contribution in [0.2, 0.25) is 0 Å². The predicted octanol–water partition coefficient (Wildman–Crippen LogP) is 3.55. The van der Waals surface area contributed by atoms with Crippen LogP contribution in [0.25, 0.3) is 0 Å². The molecule has 5 rings (SSSR count). The Bertz CT molecular complexity index is 1430. The monoisotopic (exact) mass is 607 g/mol. The topological polar surface area (TPSA) is 117 Å². The number of hydrogen-bond donors (Lipinski definition) is 2. The lowest BCUT2D eigenvalue weighted by Gasteiger charge is -2.31. The van der Waals surface area contributed by atoms with E-state index in [1.807, 2.05) is 0 Å². The fourth-order valence-corrected chi connectivity index (χ4v) is 6.14. The molecule has 4 heterocycles. The predicted molar refractivity (Wildman–Crippen MR) is 147 cm³/mol. The number of benzene rings is 1. The second-order valence-electron chi connectivity index (χ2n) is 11.1. The first-order valence-electron chi connectivity index (χ1n) is 13.5. The van der Waals surface area contributed by atoms with Crippen molar-refractivity contribution < 1.29 is 37.4 Å². The number of hydroxylamine groups is 2. The second-order valence-corrected chi connectivity index (χ2v) is 12.0. The van der Waals surface area contributed by atoms with E-state index in [1.165, 1.54) is 42.2 Å². The van der Waals surface area contributed by atoms with Crippen molar-refractivity contribution in [2.75, 3.05) is 32.8 Å². The number of esters is 1. The molecule has 3 atom stereocenters. The van der Waals surface area contributed by atoms with E-state index in [9.17, 15) is 19.1 Å². The summed E-state index contributed by atoms with van der Waals surface area (Å²) >= 11 is 1.30. The van der Waals surface area contributed by atoms with Gasteiger partial charge in [0.1, 0.15) is 17.9 Å². The van der Waals surface area contributed by atoms with Gasteiger partial charge in [0.25, 0.3) is 5.92 Å². The summed E-state index contributed by atoms with van der Waals surface area (Å²) in [5, 5.41) is 16.0. The zero-order valence-corrected chi connectivity index (χ0v) is 24.4. The minimum Gasteiger partial charge on any atom is -0.481 e. The number of carbonyl (C=O) groups excluding carboxylic acids is 1. The van der Waals surface area contributed by atoms with Gasteiger partial charge in [-0.1, -0.05) is 12.1 Å². The van der Waals surface area contributed by atoms with Crippen molar-refractivity contribution in [3.63, 3.8) is 0 Å². The second kappa shape index (κ2) is 11.4. The Labute approximate surface area is 244 Å². The summed E-state index contributed by atoms with van der Waals surface area (Å²) in [6.07, 6.45) is 1.59. The van der Waals surface area contributed by atoms with Crippen LogP contribution in [0.5, 0.6) is 0 Å². The number of carbonyl (C=O) groups is 2. The van der Waals surface area contributed by atoms with Gasteiger partial charge in [-0.25, -0.2) is 22.9 Å². The van der Waals surface area contributed by atoms with E-state index in [0.29, 0.717) is 22.0 Å². The molecule has 0 spiro atoms. The number of carboxylic acid groups (broad SMARTS) is 1. The summed E-state index contributed by atoms with van der Waals surface area (Å²) in [6, 6.07) is 1.33. The molecule has 2 N–H and O–H groups in total. The van der Waals surface area contributed by atoms with Crippen LogP contribution in [0.3, 0.4) is 0 Å². The van der Waals surface area contributed by atoms with Crippen LogP contribution in [0.1, 0.15) is 42.9 Å². The Hall–Kier alpha value is -3.33. The van der Waals surface area contributed by atoms with Crippen molar-refractivity contribution in [1.82, 2.24) is 20.3 Å². The molecular weight excluding hydrogens is 575 g/mol. The molecule has 0 radical (unpaired) electrons. The Balaban J connectivity index is 1.55. The lowest BCUT2D eigenvalue weighted by Crippen LogP contribution is -2.49. The maximum Gasteiger partial charge on any atom is 0.338 e. The van der Waals surface area contributed by atoms with Crippen LogP contribution in [0.15, 0.2) is 46.0 Å². The summed E-state index contributed by atoms with van der Waals surface area (Å²) in [6.45, 7) is 5.10. The molecule has 3 aliphatic heterocycles. The number of alkyl halides is 2. The number of aliphatic imine (C=N–C) groups is 1. The number of nitrogens with zero attached hydrogens (tertiary/aromatic N) is 4. The number of carboxylic acids is 1. The van der Waals surface area contributed by atoms with E-state index in [2.05, 4.69) is 10.3 Å². The van der Waals surface area contributed by atoms with Gasteiger partial charge in [0.15, 0.2) is 10.8 Å². The number of ether oxygens (including phenoxy) is 1. The summed E-state index contributed by atoms with van der Waals surface area (Å²) in [5.74, 6) is -5.23. The van der Waals surface area contributed by atoms with Crippen molar-refractivity contribution in [2.45, 2.75) is 51.7 Å². The van der Waals surface area contributed by atoms with E-state index in [1.54, 1.807) is 31.5 Å². The number of likely N-dealkylation sites (tertiary alicyclic amines) is 1. The lowest BCUT2D eigenvalue weighted by atomic mass is 9.92. The number of fused-ring (bicyclic) bond motifs is 1. The molecule has 0 amide bonds. The highest BCUT2D eigenvalue weighted by molar-refractivity contribution is 7.11. The first-order chi connectivity index (χ1) is 19.8. The SMILES string of the molecule is CCOC(=O)C1=C(CN2CC(F)(F)[C@H]3[C@@H]2CON3CC(C)(C)C(=O)O)NC(c2nccs2)=N[C@H]1c1cccc(F)c1C. The van der Waals surface area contributed by atoms with Crippen molar-refractivity contribution >= 4 is 29.1 Å². The molecule has 10 nitrogen and oxygen atoms in total. The lowest BCUT2D eigenvalue weighted by molar-refractivity contribution is -0.199. The summed E-state index contributed by atoms with van der Waals surface area (Å²) < 4.78 is 51.1. The fourth-order valence-electron chi connectivity index (χ4n) is 5.56. The molecule has 0 bridgehead atoms. The van der Waals surface area contributed by atoms with Gasteiger partial charge in [-0.3, -0.25) is 19.5 Å². The molecular formula is C28H32F3N5O5S. The van der Waals surface area contributed by atoms with Gasteiger partial charge in [0.05, 0.1) is 36.8 Å². The largest absolute Gasteiger partial charge is 0.481 e. The standard InChI is InChI=1S/C28H32F3N5O5S/c1-5-40-25(37)20-18(11-35-14-28(30,31)22-19(35)12-41-36(22)13-27(3,4)26(38)39)33-23(24-32-9-10-42-24)34-21(20)16-7-6-8-17(29)15(16)2/h6-10,19,21-22H,5,11-14H2,1-4H3,(H,33,34)(H,38,39)/t19-,21-,22+/m0/s1. The Morgan fingerprint density at radius 2 is 2.10 bits per heavy atom. The van der Waals surface area contributed by atoms with Crippen molar-refractivity contribution in [2.24, 2.45) is 10.4 Å². The minimum absolute atomic E-state index is 0.0577. The third kappa shape index (κ3) is 5.55. The van der Waals surface area contributed by atoms with Crippen LogP contribution in [-0.2, 0) is 19.2 Å². The molecule has 0 unspecified atom stereocenters.